The van der Waals surface area contributed by atoms with E-state index in [1.54, 1.807) is 18.2 Å². The Labute approximate surface area is 154 Å². The standard InChI is InChI=1S/C18H13ClN4OS/c1-11-3-2-4-14(9-11)20-17-22-23-16(24)15(21-18(23)25-17)10-12-5-7-13(19)8-6-12/h2-10H,1H3,(H,20,22)/b15-10-. The molecule has 4 rings (SSSR count). The van der Waals surface area contributed by atoms with Gasteiger partial charge in [-0.25, -0.2) is 9.98 Å². The first-order chi connectivity index (χ1) is 12.1. The van der Waals surface area contributed by atoms with E-state index >= 15 is 0 Å². The molecule has 1 N–H and O–H groups in total. The maximum absolute atomic E-state index is 12.5. The summed E-state index contributed by atoms with van der Waals surface area (Å²) in [5, 5.41) is 3.28. The molecular weight excluding hydrogens is 356 g/mol. The molecule has 124 valence electrons. The maximum atomic E-state index is 12.5. The smallest absolute Gasteiger partial charge is 0.266 e. The van der Waals surface area contributed by atoms with E-state index in [2.05, 4.69) is 15.4 Å². The quantitative estimate of drug-likeness (QED) is 0.811. The summed E-state index contributed by atoms with van der Waals surface area (Å²) in [5.74, 6) is -0.202. The van der Waals surface area contributed by atoms with Crippen molar-refractivity contribution in [3.63, 3.8) is 0 Å². The van der Waals surface area contributed by atoms with E-state index in [-0.39, 0.29) is 5.91 Å². The van der Waals surface area contributed by atoms with Gasteiger partial charge in [-0.2, -0.15) is 5.01 Å². The van der Waals surface area contributed by atoms with Gasteiger partial charge in [0, 0.05) is 5.02 Å². The largest absolute Gasteiger partial charge is 0.297 e. The Bertz CT molecular complexity index is 950. The van der Waals surface area contributed by atoms with E-state index in [1.807, 2.05) is 43.3 Å². The van der Waals surface area contributed by atoms with Crippen LogP contribution in [0.3, 0.4) is 0 Å². The monoisotopic (exact) mass is 368 g/mol. The number of hydrogen-bond acceptors (Lipinski definition) is 4. The number of aliphatic imine (C=N–C) groups is 2. The highest BCUT2D eigenvalue weighted by atomic mass is 35.5. The molecule has 1 amide bonds. The van der Waals surface area contributed by atoms with Gasteiger partial charge in [0.2, 0.25) is 0 Å². The van der Waals surface area contributed by atoms with Crippen LogP contribution in [-0.4, -0.2) is 21.3 Å². The molecule has 0 atom stereocenters. The highest BCUT2D eigenvalue weighted by Gasteiger charge is 2.37. The molecule has 7 heteroatoms. The number of fused-ring (bicyclic) bond motifs is 1. The number of carbonyl (C=O) groups excluding carboxylic acids is 1. The van der Waals surface area contributed by atoms with E-state index in [0.717, 1.165) is 16.8 Å². The van der Waals surface area contributed by atoms with Crippen molar-refractivity contribution in [2.24, 2.45) is 9.98 Å². The average molecular weight is 369 g/mol. The third-order valence-corrected chi connectivity index (χ3v) is 4.72. The second kappa shape index (κ2) is 6.38. The fraction of sp³-hybridized carbons (Fsp3) is 0.0556. The lowest BCUT2D eigenvalue weighted by molar-refractivity contribution is -0.123. The summed E-state index contributed by atoms with van der Waals surface area (Å²) in [6.07, 6.45) is 1.74. The summed E-state index contributed by atoms with van der Waals surface area (Å²) in [6, 6.07) is 15.1. The molecule has 0 bridgehead atoms. The van der Waals surface area contributed by atoms with Crippen LogP contribution in [0.2, 0.25) is 5.02 Å². The number of rotatable bonds is 2. The number of nitrogens with one attached hydrogen (secondary N) is 1. The first-order valence-electron chi connectivity index (χ1n) is 7.59. The van der Waals surface area contributed by atoms with Gasteiger partial charge in [0.15, 0.2) is 10.3 Å². The van der Waals surface area contributed by atoms with Crippen LogP contribution in [0, 0.1) is 6.92 Å². The summed E-state index contributed by atoms with van der Waals surface area (Å²) in [6.45, 7) is 2.01. The molecule has 2 aliphatic rings. The highest BCUT2D eigenvalue weighted by molar-refractivity contribution is 8.27. The Balaban J connectivity index is 1.57. The molecule has 0 spiro atoms. The minimum absolute atomic E-state index is 0.202. The zero-order valence-electron chi connectivity index (χ0n) is 13.2. The van der Waals surface area contributed by atoms with Crippen molar-refractivity contribution >= 4 is 51.4 Å². The summed E-state index contributed by atoms with van der Waals surface area (Å²) in [4.78, 5) is 21.4. The lowest BCUT2D eigenvalue weighted by Gasteiger charge is -2.08. The zero-order chi connectivity index (χ0) is 17.4. The van der Waals surface area contributed by atoms with Gasteiger partial charge < -0.3 is 0 Å². The molecule has 0 aliphatic carbocycles. The van der Waals surface area contributed by atoms with E-state index in [9.17, 15) is 4.79 Å². The van der Waals surface area contributed by atoms with Crippen LogP contribution in [0.4, 0.5) is 5.69 Å². The van der Waals surface area contributed by atoms with Crippen molar-refractivity contribution in [2.45, 2.75) is 6.92 Å². The van der Waals surface area contributed by atoms with Crippen molar-refractivity contribution in [1.29, 1.82) is 0 Å². The molecule has 5 nitrogen and oxygen atoms in total. The maximum Gasteiger partial charge on any atom is 0.297 e. The molecule has 2 aromatic carbocycles. The molecule has 0 unspecified atom stereocenters. The van der Waals surface area contributed by atoms with Crippen LogP contribution in [0.25, 0.3) is 6.08 Å². The third-order valence-electron chi connectivity index (χ3n) is 3.63. The Hall–Kier alpha value is -2.57. The molecule has 2 aliphatic heterocycles. The molecule has 1 saturated heterocycles. The van der Waals surface area contributed by atoms with Gasteiger partial charge in [-0.05, 0) is 60.2 Å². The predicted molar refractivity (Wildman–Crippen MR) is 103 cm³/mol. The minimum Gasteiger partial charge on any atom is -0.266 e. The number of halogens is 1. The molecule has 0 aromatic heterocycles. The van der Waals surface area contributed by atoms with E-state index in [0.29, 0.717) is 21.1 Å². The summed E-state index contributed by atoms with van der Waals surface area (Å²) >= 11 is 7.21. The van der Waals surface area contributed by atoms with E-state index in [4.69, 9.17) is 11.6 Å². The van der Waals surface area contributed by atoms with Gasteiger partial charge in [-0.1, -0.05) is 35.9 Å². The summed E-state index contributed by atoms with van der Waals surface area (Å²) in [5.41, 5.74) is 6.22. The summed E-state index contributed by atoms with van der Waals surface area (Å²) < 4.78 is 0. The number of hydrogen-bond donors (Lipinski definition) is 1. The molecule has 1 fully saturated rings. The van der Waals surface area contributed by atoms with Gasteiger partial charge in [0.1, 0.15) is 5.70 Å². The number of amidine groups is 2. The Kier molecular flexibility index (Phi) is 4.07. The summed E-state index contributed by atoms with van der Waals surface area (Å²) in [7, 11) is 0. The number of hydrazine groups is 1. The number of nitrogens with zero attached hydrogens (tertiary/aromatic N) is 3. The normalized spacial score (nSPS) is 19.4. The van der Waals surface area contributed by atoms with Crippen molar-refractivity contribution in [3.8, 4) is 0 Å². The van der Waals surface area contributed by atoms with Gasteiger partial charge >= 0.3 is 0 Å². The topological polar surface area (TPSA) is 57.1 Å². The van der Waals surface area contributed by atoms with Crippen molar-refractivity contribution in [2.75, 3.05) is 0 Å². The molecule has 0 saturated carbocycles. The fourth-order valence-electron chi connectivity index (χ4n) is 2.45. The van der Waals surface area contributed by atoms with Gasteiger partial charge in [-0.15, -0.1) is 0 Å². The van der Waals surface area contributed by atoms with Gasteiger partial charge in [0.25, 0.3) is 5.91 Å². The van der Waals surface area contributed by atoms with Crippen LogP contribution < -0.4 is 5.43 Å². The van der Waals surface area contributed by atoms with E-state index < -0.39 is 0 Å². The van der Waals surface area contributed by atoms with Crippen LogP contribution in [-0.2, 0) is 4.79 Å². The molecule has 2 aromatic rings. The number of amides is 1. The highest BCUT2D eigenvalue weighted by Crippen LogP contribution is 2.29. The molecular formula is C18H13ClN4OS. The second-order valence-electron chi connectivity index (χ2n) is 5.59. The molecule has 0 radical (unpaired) electrons. The number of carbonyl (C=O) groups is 1. The Morgan fingerprint density at radius 1 is 1.24 bits per heavy atom. The van der Waals surface area contributed by atoms with Crippen LogP contribution in [0.15, 0.2) is 64.2 Å². The van der Waals surface area contributed by atoms with Crippen molar-refractivity contribution in [3.05, 3.63) is 70.4 Å². The molecule has 2 heterocycles. The number of thioether (sulfide) groups is 1. The number of benzene rings is 2. The van der Waals surface area contributed by atoms with Crippen LogP contribution in [0.5, 0.6) is 0 Å². The Morgan fingerprint density at radius 2 is 2.04 bits per heavy atom. The first kappa shape index (κ1) is 15.9. The van der Waals surface area contributed by atoms with Crippen molar-refractivity contribution in [1.82, 2.24) is 10.4 Å². The SMILES string of the molecule is Cc1cccc(N=C2NN3C(=O)/C(=C/c4ccc(Cl)cc4)N=C3S2)c1. The number of aryl methyl sites for hydroxylation is 1. The van der Waals surface area contributed by atoms with Crippen LogP contribution >= 0.6 is 23.4 Å². The first-order valence-corrected chi connectivity index (χ1v) is 8.78. The lowest BCUT2D eigenvalue weighted by atomic mass is 10.2. The van der Waals surface area contributed by atoms with Crippen molar-refractivity contribution < 1.29 is 4.79 Å². The lowest BCUT2D eigenvalue weighted by Crippen LogP contribution is -2.38. The predicted octanol–water partition coefficient (Wildman–Crippen LogP) is 4.13. The minimum atomic E-state index is -0.202. The molecule has 25 heavy (non-hydrogen) atoms. The van der Waals surface area contributed by atoms with Crippen LogP contribution in [0.1, 0.15) is 11.1 Å². The fourth-order valence-corrected chi connectivity index (χ4v) is 3.40. The Morgan fingerprint density at radius 3 is 2.76 bits per heavy atom. The second-order valence-corrected chi connectivity index (χ2v) is 6.98. The average Bonchev–Trinajstić information content (AvgIpc) is 3.09. The zero-order valence-corrected chi connectivity index (χ0v) is 14.8. The van der Waals surface area contributed by atoms with Gasteiger partial charge in [-0.3, -0.25) is 10.2 Å². The van der Waals surface area contributed by atoms with E-state index in [1.165, 1.54) is 16.8 Å². The third kappa shape index (κ3) is 3.31. The van der Waals surface area contributed by atoms with Gasteiger partial charge in [0.05, 0.1) is 5.69 Å².